The molecule has 0 fully saturated rings. The molecule has 0 saturated heterocycles. The number of nitrogens with zero attached hydrogens (tertiary/aromatic N) is 2. The number of amides is 1. The molecule has 0 aliphatic carbocycles. The summed E-state index contributed by atoms with van der Waals surface area (Å²) in [6, 6.07) is 6.47. The summed E-state index contributed by atoms with van der Waals surface area (Å²) >= 11 is 5.80. The van der Waals surface area contributed by atoms with Crippen LogP contribution < -0.4 is 10.6 Å². The van der Waals surface area contributed by atoms with Crippen molar-refractivity contribution >= 4 is 23.5 Å². The summed E-state index contributed by atoms with van der Waals surface area (Å²) in [5, 5.41) is 22.4. The summed E-state index contributed by atoms with van der Waals surface area (Å²) in [4.78, 5) is 14.7. The van der Waals surface area contributed by atoms with Gasteiger partial charge in [0.25, 0.3) is 0 Å². The van der Waals surface area contributed by atoms with Crippen LogP contribution in [0.25, 0.3) is 0 Å². The van der Waals surface area contributed by atoms with Crippen molar-refractivity contribution in [3.63, 3.8) is 0 Å². The Morgan fingerprint density at radius 2 is 2.04 bits per heavy atom. The molecule has 1 aromatic heterocycles. The first-order chi connectivity index (χ1) is 11.8. The van der Waals surface area contributed by atoms with E-state index in [4.69, 9.17) is 22.0 Å². The zero-order chi connectivity index (χ0) is 18.6. The Kier molecular flexibility index (Phi) is 5.72. The molecule has 6 nitrogen and oxygen atoms in total. The molecule has 130 valence electrons. The Labute approximate surface area is 147 Å². The number of rotatable bonds is 5. The van der Waals surface area contributed by atoms with Crippen LogP contribution in [0.2, 0.25) is 5.15 Å². The number of benzene rings is 1. The average Bonchev–Trinajstić information content (AvgIpc) is 2.55. The minimum atomic E-state index is -1.32. The molecule has 0 radical (unpaired) electrons. The van der Waals surface area contributed by atoms with Crippen LogP contribution in [0.4, 0.5) is 19.4 Å². The molecule has 1 heterocycles. The largest absolute Gasteiger partial charge is 0.465 e. The van der Waals surface area contributed by atoms with Crippen LogP contribution in [0.1, 0.15) is 24.1 Å². The van der Waals surface area contributed by atoms with Gasteiger partial charge in [0.1, 0.15) is 17.0 Å². The first-order valence-electron chi connectivity index (χ1n) is 7.10. The molecule has 25 heavy (non-hydrogen) atoms. The highest BCUT2D eigenvalue weighted by molar-refractivity contribution is 6.30. The maximum Gasteiger partial charge on any atom is 0.404 e. The van der Waals surface area contributed by atoms with E-state index in [1.807, 2.05) is 0 Å². The normalized spacial score (nSPS) is 12.8. The van der Waals surface area contributed by atoms with Gasteiger partial charge in [-0.1, -0.05) is 29.8 Å². The van der Waals surface area contributed by atoms with Crippen LogP contribution in [0, 0.1) is 23.0 Å². The van der Waals surface area contributed by atoms with Crippen molar-refractivity contribution in [2.24, 2.45) is 0 Å². The highest BCUT2D eigenvalue weighted by atomic mass is 35.5. The molecular formula is C16H13ClF2N4O2. The first-order valence-corrected chi connectivity index (χ1v) is 7.47. The molecule has 2 atom stereocenters. The van der Waals surface area contributed by atoms with Gasteiger partial charge in [-0.25, -0.2) is 18.6 Å². The van der Waals surface area contributed by atoms with Gasteiger partial charge < -0.3 is 15.7 Å². The summed E-state index contributed by atoms with van der Waals surface area (Å²) in [5.41, 5.74) is -0.0331. The number of anilines is 1. The molecule has 9 heteroatoms. The Morgan fingerprint density at radius 3 is 2.64 bits per heavy atom. The van der Waals surface area contributed by atoms with E-state index in [9.17, 15) is 13.6 Å². The fourth-order valence-electron chi connectivity index (χ4n) is 2.27. The van der Waals surface area contributed by atoms with Gasteiger partial charge in [-0.2, -0.15) is 5.26 Å². The van der Waals surface area contributed by atoms with Gasteiger partial charge >= 0.3 is 6.09 Å². The van der Waals surface area contributed by atoms with Gasteiger partial charge in [-0.3, -0.25) is 0 Å². The van der Waals surface area contributed by atoms with Crippen LogP contribution in [0.5, 0.6) is 0 Å². The lowest BCUT2D eigenvalue weighted by Gasteiger charge is -2.26. The van der Waals surface area contributed by atoms with Crippen molar-refractivity contribution in [3.05, 3.63) is 58.2 Å². The summed E-state index contributed by atoms with van der Waals surface area (Å²) in [6.07, 6.45) is -1.32. The van der Waals surface area contributed by atoms with E-state index in [1.165, 1.54) is 25.1 Å². The SMILES string of the molecule is C[C@H](NC(=O)O)[C@H](Nc1nc(Cl)c(C#N)cc1F)c1ccccc1F. The van der Waals surface area contributed by atoms with Gasteiger partial charge in [0.15, 0.2) is 11.6 Å². The Hall–Kier alpha value is -2.92. The Balaban J connectivity index is 2.44. The van der Waals surface area contributed by atoms with E-state index in [1.54, 1.807) is 12.1 Å². The molecule has 0 unspecified atom stereocenters. The molecule has 0 spiro atoms. The van der Waals surface area contributed by atoms with E-state index in [0.717, 1.165) is 6.07 Å². The van der Waals surface area contributed by atoms with Crippen molar-refractivity contribution in [2.45, 2.75) is 19.0 Å². The third-order valence-electron chi connectivity index (χ3n) is 3.43. The third kappa shape index (κ3) is 4.33. The topological polar surface area (TPSA) is 98.0 Å². The number of halogens is 3. The Morgan fingerprint density at radius 1 is 1.36 bits per heavy atom. The zero-order valence-corrected chi connectivity index (χ0v) is 13.7. The molecule has 0 aliphatic rings. The number of nitrogens with one attached hydrogen (secondary N) is 2. The fourth-order valence-corrected chi connectivity index (χ4v) is 2.45. The maximum atomic E-state index is 14.2. The molecular weight excluding hydrogens is 354 g/mol. The van der Waals surface area contributed by atoms with Crippen LogP contribution in [-0.4, -0.2) is 22.2 Å². The highest BCUT2D eigenvalue weighted by Gasteiger charge is 2.25. The van der Waals surface area contributed by atoms with E-state index in [-0.39, 0.29) is 22.1 Å². The number of carbonyl (C=O) groups is 1. The molecule has 2 aromatic rings. The standard InChI is InChI=1S/C16H13ClF2N4O2/c1-8(21-16(24)25)13(10-4-2-3-5-11(10)18)22-15-12(19)6-9(7-20)14(17)23-15/h2-6,8,13,21H,1H3,(H,22,23)(H,24,25)/t8-,13-/m0/s1. The molecule has 0 saturated carbocycles. The second-order valence-corrected chi connectivity index (χ2v) is 5.51. The van der Waals surface area contributed by atoms with Crippen molar-refractivity contribution < 1.29 is 18.7 Å². The van der Waals surface area contributed by atoms with Crippen LogP contribution in [0.15, 0.2) is 30.3 Å². The second-order valence-electron chi connectivity index (χ2n) is 5.15. The molecule has 1 amide bonds. The van der Waals surface area contributed by atoms with Crippen LogP contribution in [-0.2, 0) is 0 Å². The molecule has 3 N–H and O–H groups in total. The third-order valence-corrected chi connectivity index (χ3v) is 3.72. The highest BCUT2D eigenvalue weighted by Crippen LogP contribution is 2.27. The van der Waals surface area contributed by atoms with Crippen molar-refractivity contribution in [2.75, 3.05) is 5.32 Å². The molecule has 0 bridgehead atoms. The zero-order valence-electron chi connectivity index (χ0n) is 12.9. The van der Waals surface area contributed by atoms with Crippen molar-refractivity contribution in [3.8, 4) is 6.07 Å². The lowest BCUT2D eigenvalue weighted by Crippen LogP contribution is -2.39. The molecule has 0 aliphatic heterocycles. The number of aromatic nitrogens is 1. The lowest BCUT2D eigenvalue weighted by molar-refractivity contribution is 0.189. The first kappa shape index (κ1) is 18.4. The predicted octanol–water partition coefficient (Wildman–Crippen LogP) is 3.69. The quantitative estimate of drug-likeness (QED) is 0.701. The predicted molar refractivity (Wildman–Crippen MR) is 87.3 cm³/mol. The second kappa shape index (κ2) is 7.77. The number of nitriles is 1. The molecule has 1 aromatic carbocycles. The van der Waals surface area contributed by atoms with Gasteiger partial charge in [0.05, 0.1) is 17.6 Å². The summed E-state index contributed by atoms with van der Waals surface area (Å²) in [5.74, 6) is -1.79. The van der Waals surface area contributed by atoms with Crippen LogP contribution >= 0.6 is 11.6 Å². The number of hydrogen-bond acceptors (Lipinski definition) is 4. The number of pyridine rings is 1. The van der Waals surface area contributed by atoms with Crippen LogP contribution in [0.3, 0.4) is 0 Å². The monoisotopic (exact) mass is 366 g/mol. The van der Waals surface area contributed by atoms with E-state index >= 15 is 0 Å². The molecule has 2 rings (SSSR count). The smallest absolute Gasteiger partial charge is 0.404 e. The van der Waals surface area contributed by atoms with Gasteiger partial charge in [0.2, 0.25) is 0 Å². The van der Waals surface area contributed by atoms with Gasteiger partial charge in [-0.15, -0.1) is 0 Å². The fraction of sp³-hybridized carbons (Fsp3) is 0.188. The van der Waals surface area contributed by atoms with E-state index < -0.39 is 29.8 Å². The maximum absolute atomic E-state index is 14.2. The van der Waals surface area contributed by atoms with Gasteiger partial charge in [-0.05, 0) is 19.1 Å². The minimum absolute atomic E-state index is 0.116. The van der Waals surface area contributed by atoms with E-state index in [2.05, 4.69) is 15.6 Å². The summed E-state index contributed by atoms with van der Waals surface area (Å²) in [6.45, 7) is 1.49. The number of hydrogen-bond donors (Lipinski definition) is 3. The lowest BCUT2D eigenvalue weighted by atomic mass is 9.99. The summed E-state index contributed by atoms with van der Waals surface area (Å²) < 4.78 is 28.3. The van der Waals surface area contributed by atoms with Crippen molar-refractivity contribution in [1.29, 1.82) is 5.26 Å². The average molecular weight is 367 g/mol. The van der Waals surface area contributed by atoms with Crippen molar-refractivity contribution in [1.82, 2.24) is 10.3 Å². The van der Waals surface area contributed by atoms with E-state index in [0.29, 0.717) is 0 Å². The number of carboxylic acid groups (broad SMARTS) is 1. The van der Waals surface area contributed by atoms with Gasteiger partial charge in [0, 0.05) is 5.56 Å². The minimum Gasteiger partial charge on any atom is -0.465 e. The summed E-state index contributed by atoms with van der Waals surface area (Å²) in [7, 11) is 0. The Bertz CT molecular complexity index is 841.